The van der Waals surface area contributed by atoms with Crippen molar-refractivity contribution in [2.24, 2.45) is 5.92 Å². The van der Waals surface area contributed by atoms with E-state index in [4.69, 9.17) is 14.2 Å². The Kier molecular flexibility index (Phi) is 0.621. The lowest BCUT2D eigenvalue weighted by molar-refractivity contribution is -0.389. The quantitative estimate of drug-likeness (QED) is 0.482. The molecule has 1 N–H and O–H groups in total. The zero-order chi connectivity index (χ0) is 7.22. The maximum atomic E-state index is 9.57. The third-order valence-electron chi connectivity index (χ3n) is 3.25. The predicted octanol–water partition coefficient (Wildman–Crippen LogP) is -1.13. The molecule has 4 unspecified atom stereocenters. The molecule has 3 bridgehead atoms. The van der Waals surface area contributed by atoms with Crippen LogP contribution in [0.1, 0.15) is 0 Å². The molecule has 4 aliphatic heterocycles. The molecule has 5 aliphatic rings. The fourth-order valence-electron chi connectivity index (χ4n) is 2.62. The number of aliphatic hydroxyl groups excluding tert-OH is 1. The van der Waals surface area contributed by atoms with E-state index in [2.05, 4.69) is 0 Å². The summed E-state index contributed by atoms with van der Waals surface area (Å²) in [6, 6.07) is 0. The highest BCUT2D eigenvalue weighted by Gasteiger charge is 2.87. The maximum Gasteiger partial charge on any atom is 0.204 e. The van der Waals surface area contributed by atoms with E-state index < -0.39 is 11.9 Å². The van der Waals surface area contributed by atoms with Gasteiger partial charge >= 0.3 is 0 Å². The number of hydrogen-bond acceptors (Lipinski definition) is 4. The summed E-state index contributed by atoms with van der Waals surface area (Å²) in [6.45, 7) is 0.532. The molecule has 0 aromatic heterocycles. The second kappa shape index (κ2) is 1.25. The minimum absolute atomic E-state index is 0.00116. The number of ether oxygens (including phenoxy) is 3. The van der Waals surface area contributed by atoms with E-state index in [9.17, 15) is 5.11 Å². The highest BCUT2D eigenvalue weighted by atomic mass is 16.8. The standard InChI is InChI=1S/C7H8O4/c8-4-2-1-9-6-3-5(4)11-7(3,6)10-2/h2-6,8H,1H2/t2?,3?,4-,5?,6+,7?/m1/s1. The second-order valence-corrected chi connectivity index (χ2v) is 3.73. The predicted molar refractivity (Wildman–Crippen MR) is 31.7 cm³/mol. The SMILES string of the molecule is O[C@@H]1C2CO[C@H]3C4C1OC43O2. The second-order valence-electron chi connectivity index (χ2n) is 3.73. The first-order valence-corrected chi connectivity index (χ1v) is 3.98. The van der Waals surface area contributed by atoms with Crippen LogP contribution in [0.5, 0.6) is 0 Å². The monoisotopic (exact) mass is 156 g/mol. The maximum absolute atomic E-state index is 9.57. The Balaban J connectivity index is 1.85. The number of rotatable bonds is 0. The molecule has 5 rings (SSSR count). The van der Waals surface area contributed by atoms with Crippen LogP contribution in [0.2, 0.25) is 0 Å². The average Bonchev–Trinajstić information content (AvgIpc) is 2.53. The first-order valence-electron chi connectivity index (χ1n) is 3.98. The molecule has 0 amide bonds. The van der Waals surface area contributed by atoms with Crippen molar-refractivity contribution in [2.45, 2.75) is 30.2 Å². The molecule has 5 fully saturated rings. The minimum Gasteiger partial charge on any atom is -0.388 e. The Bertz CT molecular complexity index is 237. The van der Waals surface area contributed by atoms with Gasteiger partial charge in [0.1, 0.15) is 24.4 Å². The molecule has 4 heterocycles. The van der Waals surface area contributed by atoms with E-state index in [1.165, 1.54) is 0 Å². The summed E-state index contributed by atoms with van der Waals surface area (Å²) in [5.41, 5.74) is 0. The van der Waals surface area contributed by atoms with E-state index in [1.54, 1.807) is 0 Å². The molecular weight excluding hydrogens is 148 g/mol. The van der Waals surface area contributed by atoms with Gasteiger partial charge in [-0.2, -0.15) is 0 Å². The Morgan fingerprint density at radius 3 is 3.18 bits per heavy atom. The van der Waals surface area contributed by atoms with Crippen LogP contribution in [0.25, 0.3) is 0 Å². The Morgan fingerprint density at radius 1 is 1.36 bits per heavy atom. The van der Waals surface area contributed by atoms with Gasteiger partial charge in [-0.25, -0.2) is 0 Å². The fourth-order valence-corrected chi connectivity index (χ4v) is 2.62. The first kappa shape index (κ1) is 5.48. The molecule has 4 nitrogen and oxygen atoms in total. The summed E-state index contributed by atoms with van der Waals surface area (Å²) in [5, 5.41) is 9.57. The molecule has 0 aromatic carbocycles. The topological polar surface area (TPSA) is 47.9 Å². The molecular formula is C7H8O4. The van der Waals surface area contributed by atoms with Gasteiger partial charge in [-0.1, -0.05) is 0 Å². The van der Waals surface area contributed by atoms with Crippen molar-refractivity contribution in [3.63, 3.8) is 0 Å². The largest absolute Gasteiger partial charge is 0.388 e. The molecule has 0 aromatic rings. The highest BCUT2D eigenvalue weighted by molar-refractivity contribution is 5.27. The van der Waals surface area contributed by atoms with Crippen molar-refractivity contribution in [3.8, 4) is 0 Å². The molecule has 11 heavy (non-hydrogen) atoms. The Morgan fingerprint density at radius 2 is 2.27 bits per heavy atom. The zero-order valence-electron chi connectivity index (χ0n) is 5.77. The third-order valence-corrected chi connectivity index (χ3v) is 3.25. The van der Waals surface area contributed by atoms with Crippen molar-refractivity contribution in [2.75, 3.05) is 6.61 Å². The molecule has 4 saturated heterocycles. The summed E-state index contributed by atoms with van der Waals surface area (Å²) in [6.07, 6.45) is -0.472. The summed E-state index contributed by atoms with van der Waals surface area (Å²) in [7, 11) is 0. The van der Waals surface area contributed by atoms with Gasteiger partial charge in [0.25, 0.3) is 0 Å². The van der Waals surface area contributed by atoms with Crippen molar-refractivity contribution < 1.29 is 19.3 Å². The normalized spacial score (nSPS) is 75.5. The van der Waals surface area contributed by atoms with Crippen LogP contribution in [-0.2, 0) is 14.2 Å². The summed E-state index contributed by atoms with van der Waals surface area (Å²) >= 11 is 0. The molecule has 60 valence electrons. The van der Waals surface area contributed by atoms with Gasteiger partial charge < -0.3 is 19.3 Å². The van der Waals surface area contributed by atoms with Crippen LogP contribution in [0.3, 0.4) is 0 Å². The fraction of sp³-hybridized carbons (Fsp3) is 1.00. The Hall–Kier alpha value is -0.160. The van der Waals surface area contributed by atoms with Crippen molar-refractivity contribution in [1.82, 2.24) is 0 Å². The van der Waals surface area contributed by atoms with Crippen molar-refractivity contribution >= 4 is 0 Å². The van der Waals surface area contributed by atoms with E-state index in [1.807, 2.05) is 0 Å². The summed E-state index contributed by atoms with van der Waals surface area (Å²) < 4.78 is 16.4. The lowest BCUT2D eigenvalue weighted by Gasteiger charge is -2.47. The average molecular weight is 156 g/mol. The smallest absolute Gasteiger partial charge is 0.204 e. The van der Waals surface area contributed by atoms with Gasteiger partial charge in [0, 0.05) is 0 Å². The van der Waals surface area contributed by atoms with Crippen LogP contribution in [0.15, 0.2) is 0 Å². The minimum atomic E-state index is -0.464. The van der Waals surface area contributed by atoms with Gasteiger partial charge in [0.05, 0.1) is 12.5 Å². The molecule has 0 radical (unpaired) electrons. The van der Waals surface area contributed by atoms with Gasteiger partial charge in [-0.15, -0.1) is 0 Å². The van der Waals surface area contributed by atoms with E-state index in [0.717, 1.165) is 0 Å². The van der Waals surface area contributed by atoms with Crippen LogP contribution < -0.4 is 0 Å². The summed E-state index contributed by atoms with van der Waals surface area (Å²) in [4.78, 5) is 0. The molecule has 1 spiro atoms. The van der Waals surface area contributed by atoms with Crippen LogP contribution in [0, 0.1) is 5.92 Å². The lowest BCUT2D eigenvalue weighted by Crippen LogP contribution is -2.63. The molecule has 1 saturated carbocycles. The zero-order valence-corrected chi connectivity index (χ0v) is 5.77. The van der Waals surface area contributed by atoms with Crippen LogP contribution in [0.4, 0.5) is 0 Å². The van der Waals surface area contributed by atoms with Crippen LogP contribution in [-0.4, -0.2) is 41.9 Å². The van der Waals surface area contributed by atoms with Gasteiger partial charge in [0.2, 0.25) is 5.79 Å². The van der Waals surface area contributed by atoms with E-state index >= 15 is 0 Å². The number of hydrogen-bond donors (Lipinski definition) is 1. The van der Waals surface area contributed by atoms with Gasteiger partial charge in [-0.3, -0.25) is 0 Å². The van der Waals surface area contributed by atoms with Crippen molar-refractivity contribution in [1.29, 1.82) is 0 Å². The van der Waals surface area contributed by atoms with Crippen LogP contribution >= 0.6 is 0 Å². The van der Waals surface area contributed by atoms with Crippen molar-refractivity contribution in [3.05, 3.63) is 0 Å². The molecule has 6 atom stereocenters. The molecule has 1 aliphatic carbocycles. The molecule has 4 heteroatoms. The van der Waals surface area contributed by atoms with Gasteiger partial charge in [0.15, 0.2) is 0 Å². The van der Waals surface area contributed by atoms with E-state index in [-0.39, 0.29) is 18.3 Å². The Labute approximate surface area is 63.0 Å². The first-order chi connectivity index (χ1) is 5.33. The third kappa shape index (κ3) is 0.363. The lowest BCUT2D eigenvalue weighted by atomic mass is 9.97. The van der Waals surface area contributed by atoms with Gasteiger partial charge in [-0.05, 0) is 0 Å². The number of aliphatic hydroxyl groups is 1. The van der Waals surface area contributed by atoms with E-state index in [0.29, 0.717) is 12.5 Å². The highest BCUT2D eigenvalue weighted by Crippen LogP contribution is 2.68. The summed E-state index contributed by atoms with van der Waals surface area (Å²) in [5.74, 6) is -0.0662.